The van der Waals surface area contributed by atoms with Gasteiger partial charge in [-0.05, 0) is 48.0 Å². The predicted molar refractivity (Wildman–Crippen MR) is 79.8 cm³/mol. The second-order valence-electron chi connectivity index (χ2n) is 3.81. The molecule has 2 rings (SSSR count). The largest absolute Gasteiger partial charge is 0.494 e. The van der Waals surface area contributed by atoms with Crippen LogP contribution in [0.25, 0.3) is 0 Å². The molecule has 0 amide bonds. The lowest BCUT2D eigenvalue weighted by Crippen LogP contribution is -2.18. The van der Waals surface area contributed by atoms with E-state index in [1.807, 2.05) is 23.8 Å². The fourth-order valence-electron chi connectivity index (χ4n) is 1.45. The van der Waals surface area contributed by atoms with Crippen LogP contribution in [0.2, 0.25) is 0 Å². The Hall–Kier alpha value is -1.86. The summed E-state index contributed by atoms with van der Waals surface area (Å²) < 4.78 is 29.2. The Morgan fingerprint density at radius 3 is 2.65 bits per heavy atom. The molecule has 0 bridgehead atoms. The first-order valence-electron chi connectivity index (χ1n) is 5.92. The van der Waals surface area contributed by atoms with Gasteiger partial charge >= 0.3 is 0 Å². The van der Waals surface area contributed by atoms with Crippen molar-refractivity contribution in [3.8, 4) is 5.75 Å². The number of sulfonamides is 1. The summed E-state index contributed by atoms with van der Waals surface area (Å²) in [6, 6.07) is 8.03. The highest BCUT2D eigenvalue weighted by Gasteiger charge is 2.12. The van der Waals surface area contributed by atoms with Crippen LogP contribution in [0.4, 0.5) is 0 Å². The number of hydrazone groups is 1. The average molecular weight is 310 g/mol. The van der Waals surface area contributed by atoms with E-state index < -0.39 is 10.0 Å². The molecular weight excluding hydrogens is 296 g/mol. The van der Waals surface area contributed by atoms with E-state index in [9.17, 15) is 8.42 Å². The molecule has 2 aromatic rings. The molecule has 1 aromatic carbocycles. The molecule has 5 nitrogen and oxygen atoms in total. The number of hydrogen-bond donors (Lipinski definition) is 1. The van der Waals surface area contributed by atoms with Crippen LogP contribution in [0.1, 0.15) is 12.5 Å². The topological polar surface area (TPSA) is 67.8 Å². The molecular formula is C13H14N2O3S2. The van der Waals surface area contributed by atoms with Crippen LogP contribution in [-0.2, 0) is 10.0 Å². The molecule has 1 N–H and O–H groups in total. The maximum atomic E-state index is 12.0. The van der Waals surface area contributed by atoms with E-state index in [4.69, 9.17) is 4.74 Å². The molecule has 0 fully saturated rings. The summed E-state index contributed by atoms with van der Waals surface area (Å²) in [5.74, 6) is 0.633. The van der Waals surface area contributed by atoms with Crippen LogP contribution < -0.4 is 9.57 Å². The van der Waals surface area contributed by atoms with Crippen molar-refractivity contribution in [1.82, 2.24) is 4.83 Å². The van der Waals surface area contributed by atoms with Gasteiger partial charge in [0.2, 0.25) is 0 Å². The van der Waals surface area contributed by atoms with Crippen molar-refractivity contribution in [2.75, 3.05) is 6.61 Å². The summed E-state index contributed by atoms with van der Waals surface area (Å²) >= 11 is 1.52. The summed E-state index contributed by atoms with van der Waals surface area (Å²) in [7, 11) is -3.65. The molecule has 7 heteroatoms. The second kappa shape index (κ2) is 6.53. The van der Waals surface area contributed by atoms with E-state index in [0.717, 1.165) is 5.56 Å². The SMILES string of the molecule is CCOc1ccc(S(=O)(=O)N/N=C\c2ccsc2)cc1. The lowest BCUT2D eigenvalue weighted by molar-refractivity contribution is 0.340. The average Bonchev–Trinajstić information content (AvgIpc) is 2.93. The fourth-order valence-corrected chi connectivity index (χ4v) is 2.86. The number of thiophene rings is 1. The van der Waals surface area contributed by atoms with Crippen molar-refractivity contribution in [2.45, 2.75) is 11.8 Å². The summed E-state index contributed by atoms with van der Waals surface area (Å²) in [6.07, 6.45) is 1.46. The Kier molecular flexibility index (Phi) is 4.75. The molecule has 0 aliphatic carbocycles. The monoisotopic (exact) mass is 310 g/mol. The van der Waals surface area contributed by atoms with Gasteiger partial charge in [0.1, 0.15) is 5.75 Å². The lowest BCUT2D eigenvalue weighted by Gasteiger charge is -2.05. The molecule has 1 heterocycles. The van der Waals surface area contributed by atoms with Gasteiger partial charge in [-0.2, -0.15) is 24.9 Å². The molecule has 106 valence electrons. The number of ether oxygens (including phenoxy) is 1. The van der Waals surface area contributed by atoms with Gasteiger partial charge in [0.25, 0.3) is 10.0 Å². The second-order valence-corrected chi connectivity index (χ2v) is 6.25. The third-order valence-corrected chi connectivity index (χ3v) is 4.31. The first-order chi connectivity index (χ1) is 9.62. The minimum Gasteiger partial charge on any atom is -0.494 e. The van der Waals surface area contributed by atoms with Crippen LogP contribution >= 0.6 is 11.3 Å². The molecule has 0 saturated heterocycles. The van der Waals surface area contributed by atoms with E-state index in [1.165, 1.54) is 29.7 Å². The van der Waals surface area contributed by atoms with Crippen molar-refractivity contribution < 1.29 is 13.2 Å². The Bertz CT molecular complexity index is 662. The van der Waals surface area contributed by atoms with Gasteiger partial charge in [0.05, 0.1) is 17.7 Å². The quantitative estimate of drug-likeness (QED) is 0.658. The summed E-state index contributed by atoms with van der Waals surface area (Å²) in [5.41, 5.74) is 0.851. The molecule has 0 atom stereocenters. The summed E-state index contributed by atoms with van der Waals surface area (Å²) in [4.78, 5) is 2.31. The maximum absolute atomic E-state index is 12.0. The van der Waals surface area contributed by atoms with Gasteiger partial charge in [-0.3, -0.25) is 0 Å². The Morgan fingerprint density at radius 1 is 1.30 bits per heavy atom. The zero-order valence-corrected chi connectivity index (χ0v) is 12.4. The minimum absolute atomic E-state index is 0.142. The number of nitrogens with one attached hydrogen (secondary N) is 1. The maximum Gasteiger partial charge on any atom is 0.276 e. The number of benzene rings is 1. The Morgan fingerprint density at radius 2 is 2.05 bits per heavy atom. The first-order valence-corrected chi connectivity index (χ1v) is 8.34. The van der Waals surface area contributed by atoms with Crippen molar-refractivity contribution >= 4 is 27.6 Å². The van der Waals surface area contributed by atoms with Crippen LogP contribution in [0, 0.1) is 0 Å². The molecule has 0 unspecified atom stereocenters. The highest BCUT2D eigenvalue weighted by Crippen LogP contribution is 2.15. The van der Waals surface area contributed by atoms with Crippen molar-refractivity contribution in [1.29, 1.82) is 0 Å². The zero-order chi connectivity index (χ0) is 14.4. The smallest absolute Gasteiger partial charge is 0.276 e. The van der Waals surface area contributed by atoms with Crippen molar-refractivity contribution in [3.63, 3.8) is 0 Å². The van der Waals surface area contributed by atoms with Gasteiger partial charge in [-0.15, -0.1) is 0 Å². The highest BCUT2D eigenvalue weighted by atomic mass is 32.2. The van der Waals surface area contributed by atoms with E-state index >= 15 is 0 Å². The van der Waals surface area contributed by atoms with Crippen LogP contribution in [-0.4, -0.2) is 21.2 Å². The van der Waals surface area contributed by atoms with Crippen LogP contribution in [0.5, 0.6) is 5.75 Å². The molecule has 0 spiro atoms. The van der Waals surface area contributed by atoms with Gasteiger partial charge < -0.3 is 4.74 Å². The zero-order valence-electron chi connectivity index (χ0n) is 10.8. The standard InChI is InChI=1S/C13H14N2O3S2/c1-2-18-12-3-5-13(6-4-12)20(16,17)15-14-9-11-7-8-19-10-11/h3-10,15H,2H2,1H3/b14-9-. The third-order valence-electron chi connectivity index (χ3n) is 2.37. The molecule has 1 aromatic heterocycles. The Balaban J connectivity index is 2.06. The van der Waals surface area contributed by atoms with Gasteiger partial charge in [0.15, 0.2) is 0 Å². The number of hydrogen-bond acceptors (Lipinski definition) is 5. The van der Waals surface area contributed by atoms with Gasteiger partial charge in [-0.1, -0.05) is 0 Å². The van der Waals surface area contributed by atoms with Gasteiger partial charge in [-0.25, -0.2) is 4.83 Å². The normalized spacial score (nSPS) is 11.7. The van der Waals surface area contributed by atoms with E-state index in [-0.39, 0.29) is 4.90 Å². The first kappa shape index (κ1) is 14.5. The molecule has 20 heavy (non-hydrogen) atoms. The summed E-state index contributed by atoms with van der Waals surface area (Å²) in [6.45, 7) is 2.40. The van der Waals surface area contributed by atoms with Gasteiger partial charge in [0, 0.05) is 5.56 Å². The predicted octanol–water partition coefficient (Wildman–Crippen LogP) is 2.46. The number of nitrogens with zero attached hydrogens (tertiary/aromatic N) is 1. The van der Waals surface area contributed by atoms with Crippen molar-refractivity contribution in [2.24, 2.45) is 5.10 Å². The lowest BCUT2D eigenvalue weighted by atomic mass is 10.3. The summed E-state index contributed by atoms with van der Waals surface area (Å²) in [5, 5.41) is 7.49. The fraction of sp³-hybridized carbons (Fsp3) is 0.154. The van der Waals surface area contributed by atoms with Crippen LogP contribution in [0.3, 0.4) is 0 Å². The van der Waals surface area contributed by atoms with E-state index in [1.54, 1.807) is 12.1 Å². The molecule has 0 saturated carbocycles. The van der Waals surface area contributed by atoms with E-state index in [2.05, 4.69) is 9.93 Å². The minimum atomic E-state index is -3.65. The third kappa shape index (κ3) is 3.82. The molecule has 0 aliphatic rings. The Labute approximate surface area is 122 Å². The number of rotatable bonds is 6. The van der Waals surface area contributed by atoms with E-state index in [0.29, 0.717) is 12.4 Å². The van der Waals surface area contributed by atoms with Crippen LogP contribution in [0.15, 0.2) is 51.1 Å². The van der Waals surface area contributed by atoms with Crippen molar-refractivity contribution in [3.05, 3.63) is 46.7 Å². The highest BCUT2D eigenvalue weighted by molar-refractivity contribution is 7.89. The molecule has 0 radical (unpaired) electrons. The molecule has 0 aliphatic heterocycles.